The van der Waals surface area contributed by atoms with Crippen molar-refractivity contribution in [2.75, 3.05) is 6.54 Å². The molecule has 0 saturated carbocycles. The van der Waals surface area contributed by atoms with Gasteiger partial charge in [-0.05, 0) is 12.1 Å². The Balaban J connectivity index is 2.05. The Morgan fingerprint density at radius 2 is 2.17 bits per heavy atom. The SMILES string of the molecule is O=C1CC(Cl)CN1Cc1ccc(C(F)(F)F)cn1. The predicted octanol–water partition coefficient (Wildman–Crippen LogP) is 2.44. The third-order valence-electron chi connectivity index (χ3n) is 2.67. The summed E-state index contributed by atoms with van der Waals surface area (Å²) in [5.41, 5.74) is -0.378. The second-order valence-electron chi connectivity index (χ2n) is 4.11. The lowest BCUT2D eigenvalue weighted by molar-refractivity contribution is -0.138. The first-order valence-electron chi connectivity index (χ1n) is 5.30. The molecule has 0 N–H and O–H groups in total. The number of carbonyl (C=O) groups is 1. The maximum Gasteiger partial charge on any atom is 0.417 e. The van der Waals surface area contributed by atoms with E-state index in [2.05, 4.69) is 4.98 Å². The summed E-state index contributed by atoms with van der Waals surface area (Å²) in [6.45, 7) is 0.600. The monoisotopic (exact) mass is 278 g/mol. The standard InChI is InChI=1S/C11H10ClF3N2O/c12-8-3-10(18)17(5-8)6-9-2-1-7(4-16-9)11(13,14)15/h1-2,4,8H,3,5-6H2. The third kappa shape index (κ3) is 2.93. The average Bonchev–Trinajstić information content (AvgIpc) is 2.57. The molecule has 7 heteroatoms. The lowest BCUT2D eigenvalue weighted by atomic mass is 10.2. The molecular formula is C11H10ClF3N2O. The zero-order chi connectivity index (χ0) is 13.3. The third-order valence-corrected chi connectivity index (χ3v) is 2.96. The number of amides is 1. The van der Waals surface area contributed by atoms with E-state index in [0.29, 0.717) is 12.2 Å². The number of carbonyl (C=O) groups excluding carboxylic acids is 1. The minimum Gasteiger partial charge on any atom is -0.335 e. The molecule has 1 amide bonds. The number of aromatic nitrogens is 1. The smallest absolute Gasteiger partial charge is 0.335 e. The summed E-state index contributed by atoms with van der Waals surface area (Å²) in [5, 5.41) is -0.230. The van der Waals surface area contributed by atoms with Gasteiger partial charge in [-0.3, -0.25) is 9.78 Å². The summed E-state index contributed by atoms with van der Waals surface area (Å²) in [6, 6.07) is 2.23. The Labute approximate surface area is 107 Å². The van der Waals surface area contributed by atoms with Gasteiger partial charge in [-0.15, -0.1) is 11.6 Å². The highest BCUT2D eigenvalue weighted by atomic mass is 35.5. The molecule has 0 bridgehead atoms. The van der Waals surface area contributed by atoms with Gasteiger partial charge in [-0.25, -0.2) is 0 Å². The molecule has 1 aliphatic rings. The second-order valence-corrected chi connectivity index (χ2v) is 4.73. The normalized spacial score (nSPS) is 20.6. The van der Waals surface area contributed by atoms with E-state index < -0.39 is 11.7 Å². The number of nitrogens with zero attached hydrogens (tertiary/aromatic N) is 2. The minimum atomic E-state index is -4.39. The molecule has 2 heterocycles. The molecule has 0 radical (unpaired) electrons. The highest BCUT2D eigenvalue weighted by molar-refractivity contribution is 6.22. The van der Waals surface area contributed by atoms with E-state index in [1.165, 1.54) is 11.0 Å². The molecule has 0 aromatic carbocycles. The molecule has 1 saturated heterocycles. The van der Waals surface area contributed by atoms with Gasteiger partial charge >= 0.3 is 6.18 Å². The maximum absolute atomic E-state index is 12.3. The molecule has 3 nitrogen and oxygen atoms in total. The summed E-state index contributed by atoms with van der Waals surface area (Å²) in [4.78, 5) is 16.7. The van der Waals surface area contributed by atoms with E-state index in [4.69, 9.17) is 11.6 Å². The Bertz CT molecular complexity index is 447. The first kappa shape index (κ1) is 13.1. The van der Waals surface area contributed by atoms with Gasteiger partial charge in [0.25, 0.3) is 0 Å². The number of rotatable bonds is 2. The van der Waals surface area contributed by atoms with Crippen LogP contribution in [-0.2, 0) is 17.5 Å². The van der Waals surface area contributed by atoms with Crippen molar-refractivity contribution in [3.8, 4) is 0 Å². The fraction of sp³-hybridized carbons (Fsp3) is 0.455. The van der Waals surface area contributed by atoms with Crippen LogP contribution in [0.3, 0.4) is 0 Å². The van der Waals surface area contributed by atoms with Crippen LogP contribution in [0.4, 0.5) is 13.2 Å². The van der Waals surface area contributed by atoms with Gasteiger partial charge in [0.15, 0.2) is 0 Å². The van der Waals surface area contributed by atoms with Crippen molar-refractivity contribution in [1.29, 1.82) is 0 Å². The molecule has 0 aliphatic carbocycles. The van der Waals surface area contributed by atoms with Crippen LogP contribution < -0.4 is 0 Å². The molecule has 0 spiro atoms. The van der Waals surface area contributed by atoms with Crippen molar-refractivity contribution in [2.45, 2.75) is 24.5 Å². The first-order chi connectivity index (χ1) is 8.36. The molecule has 1 aliphatic heterocycles. The Morgan fingerprint density at radius 3 is 2.61 bits per heavy atom. The van der Waals surface area contributed by atoms with E-state index in [0.717, 1.165) is 12.3 Å². The molecule has 2 rings (SSSR count). The Kier molecular flexibility index (Phi) is 3.47. The van der Waals surface area contributed by atoms with Crippen LogP contribution >= 0.6 is 11.6 Å². The quantitative estimate of drug-likeness (QED) is 0.779. The van der Waals surface area contributed by atoms with Crippen molar-refractivity contribution < 1.29 is 18.0 Å². The van der Waals surface area contributed by atoms with Gasteiger partial charge < -0.3 is 4.90 Å². The van der Waals surface area contributed by atoms with Crippen LogP contribution in [0.1, 0.15) is 17.7 Å². The molecule has 1 fully saturated rings. The van der Waals surface area contributed by atoms with E-state index in [1.54, 1.807) is 0 Å². The van der Waals surface area contributed by atoms with Crippen LogP contribution in [0, 0.1) is 0 Å². The topological polar surface area (TPSA) is 33.2 Å². The zero-order valence-corrected chi connectivity index (χ0v) is 10.0. The Hall–Kier alpha value is -1.30. The van der Waals surface area contributed by atoms with Gasteiger partial charge in [0.1, 0.15) is 0 Å². The number of likely N-dealkylation sites (tertiary alicyclic amines) is 1. The summed E-state index contributed by atoms with van der Waals surface area (Å²) in [5.74, 6) is -0.100. The van der Waals surface area contributed by atoms with E-state index in [1.807, 2.05) is 0 Å². The number of hydrogen-bond acceptors (Lipinski definition) is 2. The van der Waals surface area contributed by atoms with E-state index >= 15 is 0 Å². The number of pyridine rings is 1. The molecule has 1 atom stereocenters. The van der Waals surface area contributed by atoms with E-state index in [-0.39, 0.29) is 24.2 Å². The molecule has 18 heavy (non-hydrogen) atoms. The van der Waals surface area contributed by atoms with Crippen LogP contribution in [0.2, 0.25) is 0 Å². The average molecular weight is 279 g/mol. The fourth-order valence-corrected chi connectivity index (χ4v) is 2.06. The summed E-state index contributed by atoms with van der Waals surface area (Å²) in [7, 11) is 0. The summed E-state index contributed by atoms with van der Waals surface area (Å²) < 4.78 is 36.9. The maximum atomic E-state index is 12.3. The Morgan fingerprint density at radius 1 is 1.44 bits per heavy atom. The summed E-state index contributed by atoms with van der Waals surface area (Å²) in [6.07, 6.45) is -3.35. The molecule has 1 aromatic rings. The zero-order valence-electron chi connectivity index (χ0n) is 9.25. The predicted molar refractivity (Wildman–Crippen MR) is 58.9 cm³/mol. The summed E-state index contributed by atoms with van der Waals surface area (Å²) >= 11 is 5.82. The van der Waals surface area contributed by atoms with Crippen molar-refractivity contribution in [3.05, 3.63) is 29.6 Å². The van der Waals surface area contributed by atoms with Gasteiger partial charge in [0.05, 0.1) is 23.2 Å². The van der Waals surface area contributed by atoms with Crippen LogP contribution in [-0.4, -0.2) is 27.7 Å². The fourth-order valence-electron chi connectivity index (χ4n) is 1.76. The molecule has 1 aromatic heterocycles. The highest BCUT2D eigenvalue weighted by Crippen LogP contribution is 2.28. The van der Waals surface area contributed by atoms with Crippen molar-refractivity contribution >= 4 is 17.5 Å². The van der Waals surface area contributed by atoms with Crippen LogP contribution in [0.5, 0.6) is 0 Å². The van der Waals surface area contributed by atoms with Gasteiger partial charge in [0, 0.05) is 19.2 Å². The van der Waals surface area contributed by atoms with Crippen molar-refractivity contribution in [2.24, 2.45) is 0 Å². The van der Waals surface area contributed by atoms with Gasteiger partial charge in [-0.1, -0.05) is 0 Å². The largest absolute Gasteiger partial charge is 0.417 e. The number of halogens is 4. The minimum absolute atomic E-state index is 0.100. The van der Waals surface area contributed by atoms with Gasteiger partial charge in [-0.2, -0.15) is 13.2 Å². The molecular weight excluding hydrogens is 269 g/mol. The van der Waals surface area contributed by atoms with E-state index in [9.17, 15) is 18.0 Å². The van der Waals surface area contributed by atoms with Crippen molar-refractivity contribution in [1.82, 2.24) is 9.88 Å². The van der Waals surface area contributed by atoms with Crippen molar-refractivity contribution in [3.63, 3.8) is 0 Å². The van der Waals surface area contributed by atoms with Crippen LogP contribution in [0.25, 0.3) is 0 Å². The number of alkyl halides is 4. The molecule has 1 unspecified atom stereocenters. The second kappa shape index (κ2) is 4.76. The highest BCUT2D eigenvalue weighted by Gasteiger charge is 2.31. The first-order valence-corrected chi connectivity index (χ1v) is 5.74. The lowest BCUT2D eigenvalue weighted by Crippen LogP contribution is -2.25. The number of hydrogen-bond donors (Lipinski definition) is 0. The van der Waals surface area contributed by atoms with Gasteiger partial charge in [0.2, 0.25) is 5.91 Å². The lowest BCUT2D eigenvalue weighted by Gasteiger charge is -2.15. The van der Waals surface area contributed by atoms with Crippen LogP contribution in [0.15, 0.2) is 18.3 Å². The molecule has 98 valence electrons.